The third-order valence-corrected chi connectivity index (χ3v) is 3.42. The maximum Gasteiger partial charge on any atom is 0.325 e. The molecule has 0 unspecified atom stereocenters. The highest BCUT2D eigenvalue weighted by molar-refractivity contribution is 6.10. The average Bonchev–Trinajstić information content (AvgIpc) is 2.67. The molecule has 0 bridgehead atoms. The van der Waals surface area contributed by atoms with E-state index in [0.29, 0.717) is 12.2 Å². The Hall–Kier alpha value is -2.63. The average molecular weight is 301 g/mol. The van der Waals surface area contributed by atoms with Crippen molar-refractivity contribution in [3.63, 3.8) is 0 Å². The van der Waals surface area contributed by atoms with Crippen LogP contribution in [0.15, 0.2) is 43.0 Å². The van der Waals surface area contributed by atoms with Crippen LogP contribution in [-0.4, -0.2) is 41.4 Å². The van der Waals surface area contributed by atoms with Crippen LogP contribution < -0.4 is 10.2 Å². The molecule has 1 aliphatic rings. The molecule has 6 nitrogen and oxygen atoms in total. The molecule has 2 rings (SSSR count). The molecule has 1 fully saturated rings. The fraction of sp³-hybridized carbons (Fsp3) is 0.312. The number of anilines is 1. The molecule has 0 aliphatic carbocycles. The number of hydrogen-bond acceptors (Lipinski definition) is 3. The molecule has 1 aromatic carbocycles. The Morgan fingerprint density at radius 3 is 2.45 bits per heavy atom. The van der Waals surface area contributed by atoms with Gasteiger partial charge in [-0.2, -0.15) is 0 Å². The van der Waals surface area contributed by atoms with Gasteiger partial charge in [-0.15, -0.1) is 6.58 Å². The molecular weight excluding hydrogens is 282 g/mol. The molecular formula is C16H19N3O3. The van der Waals surface area contributed by atoms with Crippen LogP contribution in [-0.2, 0) is 9.59 Å². The van der Waals surface area contributed by atoms with E-state index in [1.165, 1.54) is 4.90 Å². The highest BCUT2D eigenvalue weighted by Crippen LogP contribution is 2.18. The fourth-order valence-corrected chi connectivity index (χ4v) is 2.27. The number of amides is 4. The first kappa shape index (κ1) is 15.8. The summed E-state index contributed by atoms with van der Waals surface area (Å²) in [7, 11) is 0. The number of para-hydroxylation sites is 1. The Labute approximate surface area is 129 Å². The van der Waals surface area contributed by atoms with E-state index in [9.17, 15) is 14.4 Å². The standard InChI is InChI=1S/C16H19N3O3/c1-4-10-18(12-8-6-5-7-9-12)13(20)11-19-14(21)16(2,3)17-15(19)22/h4-9H,1,10-11H2,2-3H3,(H,17,22). The predicted octanol–water partition coefficient (Wildman–Crippen LogP) is 1.54. The van der Waals surface area contributed by atoms with Gasteiger partial charge >= 0.3 is 6.03 Å². The van der Waals surface area contributed by atoms with E-state index >= 15 is 0 Å². The molecule has 1 aromatic rings. The minimum atomic E-state index is -0.979. The van der Waals surface area contributed by atoms with Crippen LogP contribution in [0.1, 0.15) is 13.8 Å². The van der Waals surface area contributed by atoms with Crippen molar-refractivity contribution >= 4 is 23.5 Å². The Morgan fingerprint density at radius 2 is 1.95 bits per heavy atom. The maximum absolute atomic E-state index is 12.5. The van der Waals surface area contributed by atoms with Crippen molar-refractivity contribution in [1.29, 1.82) is 0 Å². The zero-order chi connectivity index (χ0) is 16.3. The van der Waals surface area contributed by atoms with Crippen molar-refractivity contribution in [2.75, 3.05) is 18.0 Å². The van der Waals surface area contributed by atoms with Crippen LogP contribution in [0.4, 0.5) is 10.5 Å². The number of benzene rings is 1. The number of carbonyl (C=O) groups is 3. The van der Waals surface area contributed by atoms with Crippen molar-refractivity contribution < 1.29 is 14.4 Å². The summed E-state index contributed by atoms with van der Waals surface area (Å²) in [5, 5.41) is 2.56. The minimum Gasteiger partial charge on any atom is -0.324 e. The maximum atomic E-state index is 12.5. The minimum absolute atomic E-state index is 0.295. The summed E-state index contributed by atoms with van der Waals surface area (Å²) < 4.78 is 0. The second kappa shape index (κ2) is 6.01. The van der Waals surface area contributed by atoms with E-state index in [1.54, 1.807) is 32.1 Å². The fourth-order valence-electron chi connectivity index (χ4n) is 2.27. The van der Waals surface area contributed by atoms with Gasteiger partial charge in [0.15, 0.2) is 0 Å². The lowest BCUT2D eigenvalue weighted by Crippen LogP contribution is -2.44. The lowest BCUT2D eigenvalue weighted by molar-refractivity contribution is -0.133. The lowest BCUT2D eigenvalue weighted by Gasteiger charge is -2.23. The SMILES string of the molecule is C=CCN(C(=O)CN1C(=O)NC(C)(C)C1=O)c1ccccc1. The zero-order valence-corrected chi connectivity index (χ0v) is 12.7. The largest absolute Gasteiger partial charge is 0.325 e. The van der Waals surface area contributed by atoms with Gasteiger partial charge in [-0.25, -0.2) is 4.79 Å². The number of carbonyl (C=O) groups excluding carboxylic acids is 3. The van der Waals surface area contributed by atoms with Crippen LogP contribution in [0.3, 0.4) is 0 Å². The van der Waals surface area contributed by atoms with Crippen molar-refractivity contribution in [2.24, 2.45) is 0 Å². The van der Waals surface area contributed by atoms with Crippen molar-refractivity contribution in [1.82, 2.24) is 10.2 Å². The van der Waals surface area contributed by atoms with E-state index in [4.69, 9.17) is 0 Å². The molecule has 116 valence electrons. The zero-order valence-electron chi connectivity index (χ0n) is 12.7. The van der Waals surface area contributed by atoms with Gasteiger partial charge < -0.3 is 10.2 Å². The van der Waals surface area contributed by atoms with E-state index in [2.05, 4.69) is 11.9 Å². The first-order valence-electron chi connectivity index (χ1n) is 6.97. The monoisotopic (exact) mass is 301 g/mol. The predicted molar refractivity (Wildman–Crippen MR) is 83.3 cm³/mol. The van der Waals surface area contributed by atoms with Crippen LogP contribution in [0.5, 0.6) is 0 Å². The highest BCUT2D eigenvalue weighted by atomic mass is 16.2. The molecule has 0 aromatic heterocycles. The number of rotatable bonds is 5. The molecule has 1 heterocycles. The Kier molecular flexibility index (Phi) is 4.30. The third-order valence-electron chi connectivity index (χ3n) is 3.42. The van der Waals surface area contributed by atoms with Gasteiger partial charge in [0.1, 0.15) is 12.1 Å². The lowest BCUT2D eigenvalue weighted by atomic mass is 10.1. The van der Waals surface area contributed by atoms with Gasteiger partial charge in [-0.3, -0.25) is 14.5 Å². The van der Waals surface area contributed by atoms with Crippen LogP contribution in [0.2, 0.25) is 0 Å². The molecule has 0 atom stereocenters. The third kappa shape index (κ3) is 3.00. The summed E-state index contributed by atoms with van der Waals surface area (Å²) in [6.07, 6.45) is 1.60. The smallest absolute Gasteiger partial charge is 0.324 e. The van der Waals surface area contributed by atoms with Crippen molar-refractivity contribution in [3.05, 3.63) is 43.0 Å². The molecule has 0 spiro atoms. The second-order valence-corrected chi connectivity index (χ2v) is 5.58. The van der Waals surface area contributed by atoms with Crippen LogP contribution in [0.25, 0.3) is 0 Å². The number of nitrogens with one attached hydrogen (secondary N) is 1. The molecule has 6 heteroatoms. The Bertz CT molecular complexity index is 610. The Balaban J connectivity index is 2.17. The molecule has 0 saturated carbocycles. The normalized spacial score (nSPS) is 16.4. The summed E-state index contributed by atoms with van der Waals surface area (Å²) >= 11 is 0. The van der Waals surface area contributed by atoms with Gasteiger partial charge in [0.2, 0.25) is 5.91 Å². The van der Waals surface area contributed by atoms with E-state index < -0.39 is 17.5 Å². The summed E-state index contributed by atoms with van der Waals surface area (Å²) in [5.74, 6) is -0.746. The topological polar surface area (TPSA) is 69.7 Å². The summed E-state index contributed by atoms with van der Waals surface area (Å²) in [4.78, 5) is 38.9. The highest BCUT2D eigenvalue weighted by Gasteiger charge is 2.45. The number of urea groups is 1. The molecule has 0 radical (unpaired) electrons. The second-order valence-electron chi connectivity index (χ2n) is 5.58. The van der Waals surface area contributed by atoms with E-state index in [1.807, 2.05) is 18.2 Å². The summed E-state index contributed by atoms with van der Waals surface area (Å²) in [6, 6.07) is 8.51. The number of hydrogen-bond donors (Lipinski definition) is 1. The van der Waals surface area contributed by atoms with Crippen LogP contribution >= 0.6 is 0 Å². The Morgan fingerprint density at radius 1 is 1.32 bits per heavy atom. The number of imide groups is 1. The summed E-state index contributed by atoms with van der Waals surface area (Å²) in [5.41, 5.74) is -0.286. The van der Waals surface area contributed by atoms with Gasteiger partial charge in [0.25, 0.3) is 5.91 Å². The van der Waals surface area contributed by atoms with Gasteiger partial charge in [0, 0.05) is 12.2 Å². The van der Waals surface area contributed by atoms with Gasteiger partial charge in [0.05, 0.1) is 0 Å². The van der Waals surface area contributed by atoms with E-state index in [-0.39, 0.29) is 12.5 Å². The van der Waals surface area contributed by atoms with Crippen molar-refractivity contribution in [3.8, 4) is 0 Å². The molecule has 4 amide bonds. The molecule has 1 saturated heterocycles. The number of nitrogens with zero attached hydrogens (tertiary/aromatic N) is 2. The first-order valence-corrected chi connectivity index (χ1v) is 6.97. The molecule has 22 heavy (non-hydrogen) atoms. The summed E-state index contributed by atoms with van der Waals surface area (Å²) in [6.45, 7) is 6.86. The van der Waals surface area contributed by atoms with Gasteiger partial charge in [-0.1, -0.05) is 24.3 Å². The molecule has 1 aliphatic heterocycles. The molecule has 1 N–H and O–H groups in total. The van der Waals surface area contributed by atoms with Crippen LogP contribution in [0, 0.1) is 0 Å². The van der Waals surface area contributed by atoms with Crippen molar-refractivity contribution in [2.45, 2.75) is 19.4 Å². The quantitative estimate of drug-likeness (QED) is 0.662. The van der Waals surface area contributed by atoms with E-state index in [0.717, 1.165) is 4.90 Å². The first-order chi connectivity index (χ1) is 10.4. The van der Waals surface area contributed by atoms with Gasteiger partial charge in [-0.05, 0) is 26.0 Å².